The highest BCUT2D eigenvalue weighted by Gasteiger charge is 2.20. The molecule has 0 saturated heterocycles. The van der Waals surface area contributed by atoms with Gasteiger partial charge in [0.05, 0.1) is 13.2 Å². The van der Waals surface area contributed by atoms with Crippen LogP contribution < -0.4 is 16.0 Å². The molecule has 0 saturated carbocycles. The first-order valence-corrected chi connectivity index (χ1v) is 6.85. The third-order valence-electron chi connectivity index (χ3n) is 3.92. The lowest BCUT2D eigenvalue weighted by Gasteiger charge is -2.22. The smallest absolute Gasteiger partial charge is 0.127 e. The van der Waals surface area contributed by atoms with Gasteiger partial charge in [0.1, 0.15) is 11.6 Å². The summed E-state index contributed by atoms with van der Waals surface area (Å²) in [5.74, 6) is 6.25. The van der Waals surface area contributed by atoms with E-state index in [4.69, 9.17) is 10.6 Å². The van der Waals surface area contributed by atoms with Crippen LogP contribution in [0.5, 0.6) is 5.75 Å². The minimum Gasteiger partial charge on any atom is -0.496 e. The number of aryl methyl sites for hydroxylation is 2. The Labute approximate surface area is 124 Å². The van der Waals surface area contributed by atoms with Crippen molar-refractivity contribution in [2.24, 2.45) is 5.84 Å². The van der Waals surface area contributed by atoms with Crippen LogP contribution in [0.4, 0.5) is 4.39 Å². The van der Waals surface area contributed by atoms with E-state index in [1.54, 1.807) is 20.1 Å². The zero-order chi connectivity index (χ0) is 15.6. The molecule has 0 bridgehead atoms. The summed E-state index contributed by atoms with van der Waals surface area (Å²) in [4.78, 5) is 0. The standard InChI is InChI=1S/C17H21FN2O/c1-10-6-8-14(17(21-4)12(10)3)16(20-19)13-7-5-11(2)15(18)9-13/h5-9,16,20H,19H2,1-4H3. The van der Waals surface area contributed by atoms with E-state index in [0.717, 1.165) is 28.0 Å². The van der Waals surface area contributed by atoms with Gasteiger partial charge in [-0.05, 0) is 49.1 Å². The van der Waals surface area contributed by atoms with Crippen LogP contribution in [0.1, 0.15) is 33.9 Å². The largest absolute Gasteiger partial charge is 0.496 e. The van der Waals surface area contributed by atoms with Gasteiger partial charge in [0.2, 0.25) is 0 Å². The molecule has 2 rings (SSSR count). The van der Waals surface area contributed by atoms with Crippen molar-refractivity contribution in [2.45, 2.75) is 26.8 Å². The lowest BCUT2D eigenvalue weighted by atomic mass is 9.94. The second-order valence-electron chi connectivity index (χ2n) is 5.24. The molecular weight excluding hydrogens is 267 g/mol. The first kappa shape index (κ1) is 15.5. The van der Waals surface area contributed by atoms with Crippen LogP contribution in [0, 0.1) is 26.6 Å². The maximum Gasteiger partial charge on any atom is 0.127 e. The maximum absolute atomic E-state index is 13.8. The average Bonchev–Trinajstić information content (AvgIpc) is 2.47. The second kappa shape index (κ2) is 6.24. The predicted octanol–water partition coefficient (Wildman–Crippen LogP) is 3.31. The van der Waals surface area contributed by atoms with E-state index in [-0.39, 0.29) is 11.9 Å². The molecule has 0 aliphatic rings. The molecule has 1 unspecified atom stereocenters. The Morgan fingerprint density at radius 3 is 2.33 bits per heavy atom. The van der Waals surface area contributed by atoms with E-state index in [2.05, 4.69) is 5.43 Å². The summed E-state index contributed by atoms with van der Waals surface area (Å²) in [6, 6.07) is 8.79. The molecule has 0 radical (unpaired) electrons. The topological polar surface area (TPSA) is 47.3 Å². The minimum absolute atomic E-state index is 0.240. The van der Waals surface area contributed by atoms with E-state index in [1.807, 2.05) is 32.0 Å². The van der Waals surface area contributed by atoms with Gasteiger partial charge in [-0.15, -0.1) is 0 Å². The second-order valence-corrected chi connectivity index (χ2v) is 5.24. The lowest BCUT2D eigenvalue weighted by molar-refractivity contribution is 0.400. The number of nitrogens with one attached hydrogen (secondary N) is 1. The first-order chi connectivity index (χ1) is 9.99. The summed E-state index contributed by atoms with van der Waals surface area (Å²) < 4.78 is 19.3. The van der Waals surface area contributed by atoms with Gasteiger partial charge in [-0.25, -0.2) is 9.82 Å². The fourth-order valence-electron chi connectivity index (χ4n) is 2.46. The quantitative estimate of drug-likeness (QED) is 0.670. The molecule has 3 nitrogen and oxygen atoms in total. The van der Waals surface area contributed by atoms with Crippen LogP contribution in [-0.4, -0.2) is 7.11 Å². The van der Waals surface area contributed by atoms with Crippen LogP contribution in [0.3, 0.4) is 0 Å². The zero-order valence-corrected chi connectivity index (χ0v) is 12.8. The number of benzene rings is 2. The SMILES string of the molecule is COc1c(C(NN)c2ccc(C)c(F)c2)ccc(C)c1C. The van der Waals surface area contributed by atoms with Crippen LogP contribution >= 0.6 is 0 Å². The highest BCUT2D eigenvalue weighted by Crippen LogP contribution is 2.34. The van der Waals surface area contributed by atoms with Gasteiger partial charge in [-0.1, -0.05) is 24.3 Å². The summed E-state index contributed by atoms with van der Waals surface area (Å²) in [6.45, 7) is 5.76. The Bertz CT molecular complexity index is 655. The molecular formula is C17H21FN2O. The summed E-state index contributed by atoms with van der Waals surface area (Å²) >= 11 is 0. The van der Waals surface area contributed by atoms with E-state index in [9.17, 15) is 4.39 Å². The van der Waals surface area contributed by atoms with Crippen molar-refractivity contribution < 1.29 is 9.13 Å². The highest BCUT2D eigenvalue weighted by molar-refractivity contribution is 5.49. The highest BCUT2D eigenvalue weighted by atomic mass is 19.1. The van der Waals surface area contributed by atoms with Crippen molar-refractivity contribution >= 4 is 0 Å². The number of rotatable bonds is 4. The molecule has 0 amide bonds. The average molecular weight is 288 g/mol. The summed E-state index contributed by atoms with van der Waals surface area (Å²) in [5.41, 5.74) is 7.23. The molecule has 4 heteroatoms. The molecule has 3 N–H and O–H groups in total. The Kier molecular flexibility index (Phi) is 4.60. The summed E-state index contributed by atoms with van der Waals surface area (Å²) in [6.07, 6.45) is 0. The van der Waals surface area contributed by atoms with Crippen molar-refractivity contribution in [3.8, 4) is 5.75 Å². The third kappa shape index (κ3) is 2.91. The molecule has 21 heavy (non-hydrogen) atoms. The third-order valence-corrected chi connectivity index (χ3v) is 3.92. The summed E-state index contributed by atoms with van der Waals surface area (Å²) in [5, 5.41) is 0. The molecule has 2 aromatic rings. The molecule has 1 atom stereocenters. The zero-order valence-electron chi connectivity index (χ0n) is 12.8. The van der Waals surface area contributed by atoms with E-state index < -0.39 is 0 Å². The monoisotopic (exact) mass is 288 g/mol. The first-order valence-electron chi connectivity index (χ1n) is 6.85. The number of hydrogen-bond acceptors (Lipinski definition) is 3. The number of ether oxygens (including phenoxy) is 1. The fraction of sp³-hybridized carbons (Fsp3) is 0.294. The summed E-state index contributed by atoms with van der Waals surface area (Å²) in [7, 11) is 1.63. The van der Waals surface area contributed by atoms with E-state index in [1.165, 1.54) is 6.07 Å². The van der Waals surface area contributed by atoms with E-state index >= 15 is 0 Å². The van der Waals surface area contributed by atoms with E-state index in [0.29, 0.717) is 5.56 Å². The number of nitrogens with two attached hydrogens (primary N) is 1. The Hall–Kier alpha value is -1.91. The molecule has 0 aliphatic heterocycles. The molecule has 0 fully saturated rings. The van der Waals surface area contributed by atoms with Gasteiger partial charge in [-0.3, -0.25) is 5.84 Å². The number of hydrogen-bond donors (Lipinski definition) is 2. The molecule has 0 heterocycles. The molecule has 0 spiro atoms. The van der Waals surface area contributed by atoms with Crippen molar-refractivity contribution in [3.63, 3.8) is 0 Å². The fourth-order valence-corrected chi connectivity index (χ4v) is 2.46. The number of halogens is 1. The van der Waals surface area contributed by atoms with Crippen molar-refractivity contribution in [1.82, 2.24) is 5.43 Å². The minimum atomic E-state index is -0.325. The van der Waals surface area contributed by atoms with Crippen molar-refractivity contribution in [2.75, 3.05) is 7.11 Å². The predicted molar refractivity (Wildman–Crippen MR) is 82.8 cm³/mol. The molecule has 2 aromatic carbocycles. The Morgan fingerprint density at radius 1 is 1.10 bits per heavy atom. The van der Waals surface area contributed by atoms with Gasteiger partial charge in [-0.2, -0.15) is 0 Å². The van der Waals surface area contributed by atoms with Crippen LogP contribution in [0.2, 0.25) is 0 Å². The Morgan fingerprint density at radius 2 is 1.76 bits per heavy atom. The van der Waals surface area contributed by atoms with Crippen LogP contribution in [0.25, 0.3) is 0 Å². The molecule has 112 valence electrons. The van der Waals surface area contributed by atoms with Crippen molar-refractivity contribution in [3.05, 3.63) is 64.0 Å². The maximum atomic E-state index is 13.8. The van der Waals surface area contributed by atoms with Gasteiger partial charge in [0.15, 0.2) is 0 Å². The van der Waals surface area contributed by atoms with Crippen LogP contribution in [-0.2, 0) is 0 Å². The van der Waals surface area contributed by atoms with Gasteiger partial charge < -0.3 is 4.74 Å². The van der Waals surface area contributed by atoms with Crippen molar-refractivity contribution in [1.29, 1.82) is 0 Å². The molecule has 0 aromatic heterocycles. The van der Waals surface area contributed by atoms with Gasteiger partial charge >= 0.3 is 0 Å². The number of hydrazine groups is 1. The van der Waals surface area contributed by atoms with Crippen LogP contribution in [0.15, 0.2) is 30.3 Å². The number of methoxy groups -OCH3 is 1. The molecule has 0 aliphatic carbocycles. The lowest BCUT2D eigenvalue weighted by Crippen LogP contribution is -2.29. The van der Waals surface area contributed by atoms with Gasteiger partial charge in [0.25, 0.3) is 0 Å². The Balaban J connectivity index is 2.56. The van der Waals surface area contributed by atoms with Gasteiger partial charge in [0, 0.05) is 5.56 Å². The normalized spacial score (nSPS) is 12.3.